The van der Waals surface area contributed by atoms with Crippen LogP contribution in [0.2, 0.25) is 5.02 Å². The molecule has 2 aromatic carbocycles. The molecule has 172 valence electrons. The van der Waals surface area contributed by atoms with Crippen molar-refractivity contribution in [2.75, 3.05) is 38.2 Å². The van der Waals surface area contributed by atoms with Crippen molar-refractivity contribution in [3.8, 4) is 0 Å². The molecule has 9 nitrogen and oxygen atoms in total. The van der Waals surface area contributed by atoms with Crippen LogP contribution < -0.4 is 4.90 Å². The van der Waals surface area contributed by atoms with E-state index in [1.165, 1.54) is 4.31 Å². The number of hydrogen-bond acceptors (Lipinski definition) is 7. The topological polar surface area (TPSA) is 92.9 Å². The van der Waals surface area contributed by atoms with Crippen molar-refractivity contribution >= 4 is 44.1 Å². The molecule has 0 unspecified atom stereocenters. The van der Waals surface area contributed by atoms with Crippen LogP contribution in [0.1, 0.15) is 11.4 Å². The molecule has 1 aliphatic heterocycles. The van der Waals surface area contributed by atoms with E-state index in [1.54, 1.807) is 31.4 Å². The highest BCUT2D eigenvalue weighted by molar-refractivity contribution is 7.89. The van der Waals surface area contributed by atoms with Crippen molar-refractivity contribution in [1.82, 2.24) is 23.9 Å². The summed E-state index contributed by atoms with van der Waals surface area (Å²) in [5.74, 6) is 1.27. The molecule has 1 saturated heterocycles. The van der Waals surface area contributed by atoms with Crippen LogP contribution in [0.25, 0.3) is 16.6 Å². The molecule has 3 heterocycles. The summed E-state index contributed by atoms with van der Waals surface area (Å²) in [6.45, 7) is 3.84. The number of anilines is 1. The summed E-state index contributed by atoms with van der Waals surface area (Å²) in [6.07, 6.45) is 0. The molecular weight excluding hydrogens is 464 g/mol. The number of hydrogen-bond donors (Lipinski definition) is 0. The Morgan fingerprint density at radius 3 is 2.45 bits per heavy atom. The first-order valence-corrected chi connectivity index (χ1v) is 12.3. The highest BCUT2D eigenvalue weighted by atomic mass is 35.5. The van der Waals surface area contributed by atoms with Crippen LogP contribution in [0.15, 0.2) is 47.4 Å². The minimum Gasteiger partial charge on any atom is -0.377 e. The summed E-state index contributed by atoms with van der Waals surface area (Å²) in [4.78, 5) is 7.22. The van der Waals surface area contributed by atoms with Crippen molar-refractivity contribution in [2.45, 2.75) is 18.4 Å². The number of ether oxygens (including phenoxy) is 1. The van der Waals surface area contributed by atoms with Crippen LogP contribution in [0.5, 0.6) is 0 Å². The lowest BCUT2D eigenvalue weighted by atomic mass is 10.2. The number of aromatic nitrogens is 4. The summed E-state index contributed by atoms with van der Waals surface area (Å²) in [6, 6.07) is 12.4. The predicted octanol–water partition coefficient (Wildman–Crippen LogP) is 2.90. The number of nitrogens with zero attached hydrogens (tertiary/aromatic N) is 6. The fourth-order valence-electron chi connectivity index (χ4n) is 4.07. The van der Waals surface area contributed by atoms with E-state index >= 15 is 0 Å². The Bertz CT molecular complexity index is 1430. The van der Waals surface area contributed by atoms with Gasteiger partial charge >= 0.3 is 0 Å². The first kappa shape index (κ1) is 22.0. The molecule has 0 amide bonds. The third kappa shape index (κ3) is 3.93. The molecule has 2 aromatic heterocycles. The number of rotatable bonds is 5. The first-order valence-electron chi connectivity index (χ1n) is 10.5. The maximum absolute atomic E-state index is 13.1. The second-order valence-corrected chi connectivity index (χ2v) is 10.4. The van der Waals surface area contributed by atoms with Crippen LogP contribution in [-0.4, -0.2) is 65.6 Å². The molecule has 0 atom stereocenters. The summed E-state index contributed by atoms with van der Waals surface area (Å²) in [7, 11) is -1.95. The number of sulfonamides is 1. The summed E-state index contributed by atoms with van der Waals surface area (Å²) in [5, 5.41) is 10.1. The Hall–Kier alpha value is -2.79. The SMILES string of the molecule is COCc1nnc2c3ccc(Cl)cc3nc(N3CCN(S(=O)(=O)c4ccc(C)cc4)CC3)n12. The minimum absolute atomic E-state index is 0.275. The highest BCUT2D eigenvalue weighted by Gasteiger charge is 2.30. The Kier molecular flexibility index (Phi) is 5.69. The van der Waals surface area contributed by atoms with E-state index < -0.39 is 10.0 Å². The van der Waals surface area contributed by atoms with Gasteiger partial charge in [0.05, 0.1) is 10.4 Å². The van der Waals surface area contributed by atoms with Gasteiger partial charge in [0.1, 0.15) is 6.61 Å². The van der Waals surface area contributed by atoms with Crippen molar-refractivity contribution < 1.29 is 13.2 Å². The Morgan fingerprint density at radius 2 is 1.76 bits per heavy atom. The van der Waals surface area contributed by atoms with E-state index in [4.69, 9.17) is 21.3 Å². The van der Waals surface area contributed by atoms with Gasteiger partial charge in [0.2, 0.25) is 16.0 Å². The molecular formula is C22H23ClN6O3S. The van der Waals surface area contributed by atoms with Crippen LogP contribution >= 0.6 is 11.6 Å². The van der Waals surface area contributed by atoms with Gasteiger partial charge in [-0.2, -0.15) is 4.31 Å². The fourth-order valence-corrected chi connectivity index (χ4v) is 5.66. The van der Waals surface area contributed by atoms with Gasteiger partial charge in [-0.05, 0) is 37.3 Å². The summed E-state index contributed by atoms with van der Waals surface area (Å²) >= 11 is 6.21. The lowest BCUT2D eigenvalue weighted by Crippen LogP contribution is -2.49. The lowest BCUT2D eigenvalue weighted by molar-refractivity contribution is 0.177. The molecule has 0 bridgehead atoms. The summed E-state index contributed by atoms with van der Waals surface area (Å²) < 4.78 is 34.9. The molecule has 5 rings (SSSR count). The zero-order chi connectivity index (χ0) is 23.2. The molecule has 4 aromatic rings. The van der Waals surface area contributed by atoms with Gasteiger partial charge in [-0.1, -0.05) is 29.3 Å². The largest absolute Gasteiger partial charge is 0.377 e. The van der Waals surface area contributed by atoms with E-state index in [9.17, 15) is 8.42 Å². The van der Waals surface area contributed by atoms with E-state index in [2.05, 4.69) is 15.1 Å². The first-order chi connectivity index (χ1) is 15.9. The number of fused-ring (bicyclic) bond motifs is 3. The summed E-state index contributed by atoms with van der Waals surface area (Å²) in [5.41, 5.74) is 2.38. The zero-order valence-corrected chi connectivity index (χ0v) is 19.8. The van der Waals surface area contributed by atoms with Crippen molar-refractivity contribution in [3.63, 3.8) is 0 Å². The average molecular weight is 487 g/mol. The second-order valence-electron chi connectivity index (χ2n) is 7.99. The third-order valence-electron chi connectivity index (χ3n) is 5.80. The quantitative estimate of drug-likeness (QED) is 0.428. The van der Waals surface area contributed by atoms with E-state index in [0.717, 1.165) is 10.9 Å². The van der Waals surface area contributed by atoms with Crippen molar-refractivity contribution in [1.29, 1.82) is 0 Å². The number of halogens is 1. The average Bonchev–Trinajstić information content (AvgIpc) is 3.23. The second kappa shape index (κ2) is 8.53. The van der Waals surface area contributed by atoms with E-state index in [1.807, 2.05) is 29.5 Å². The highest BCUT2D eigenvalue weighted by Crippen LogP contribution is 2.28. The van der Waals surface area contributed by atoms with Gasteiger partial charge in [0, 0.05) is 43.7 Å². The maximum atomic E-state index is 13.1. The number of methoxy groups -OCH3 is 1. The lowest BCUT2D eigenvalue weighted by Gasteiger charge is -2.35. The Morgan fingerprint density at radius 1 is 1.03 bits per heavy atom. The predicted molar refractivity (Wildman–Crippen MR) is 126 cm³/mol. The monoisotopic (exact) mass is 486 g/mol. The van der Waals surface area contributed by atoms with Gasteiger partial charge in [-0.3, -0.25) is 0 Å². The maximum Gasteiger partial charge on any atom is 0.243 e. The van der Waals surface area contributed by atoms with Crippen LogP contribution in [-0.2, 0) is 21.4 Å². The van der Waals surface area contributed by atoms with Gasteiger partial charge in [-0.15, -0.1) is 10.2 Å². The van der Waals surface area contributed by atoms with Crippen LogP contribution in [0, 0.1) is 6.92 Å². The van der Waals surface area contributed by atoms with Crippen molar-refractivity contribution in [3.05, 3.63) is 58.9 Å². The fraction of sp³-hybridized carbons (Fsp3) is 0.318. The number of aryl methyl sites for hydroxylation is 1. The van der Waals surface area contributed by atoms with Gasteiger partial charge < -0.3 is 9.64 Å². The third-order valence-corrected chi connectivity index (χ3v) is 7.95. The number of piperazine rings is 1. The molecule has 0 spiro atoms. The Labute approximate surface area is 196 Å². The molecule has 0 aliphatic carbocycles. The van der Waals surface area contributed by atoms with Crippen LogP contribution in [0.3, 0.4) is 0 Å². The smallest absolute Gasteiger partial charge is 0.243 e. The molecule has 1 aliphatic rings. The minimum atomic E-state index is -3.56. The van der Waals surface area contributed by atoms with Crippen LogP contribution in [0.4, 0.5) is 5.95 Å². The normalized spacial score (nSPS) is 15.5. The molecule has 0 radical (unpaired) electrons. The molecule has 11 heteroatoms. The molecule has 0 saturated carbocycles. The standard InChI is InChI=1S/C22H23ClN6O3S/c1-15-3-6-17(7-4-15)33(30,31)28-11-9-27(10-12-28)22-24-19-13-16(23)5-8-18(19)21-26-25-20(14-32-2)29(21)22/h3-8,13H,9-12,14H2,1-2H3. The zero-order valence-electron chi connectivity index (χ0n) is 18.3. The van der Waals surface area contributed by atoms with Crippen molar-refractivity contribution in [2.24, 2.45) is 0 Å². The van der Waals surface area contributed by atoms with E-state index in [-0.39, 0.29) is 6.61 Å². The van der Waals surface area contributed by atoms with Gasteiger partial charge in [0.15, 0.2) is 11.5 Å². The van der Waals surface area contributed by atoms with Gasteiger partial charge in [0.25, 0.3) is 0 Å². The van der Waals surface area contributed by atoms with Gasteiger partial charge in [-0.25, -0.2) is 17.8 Å². The molecule has 1 fully saturated rings. The van der Waals surface area contributed by atoms with E-state index in [0.29, 0.717) is 59.0 Å². The number of benzene rings is 2. The molecule has 33 heavy (non-hydrogen) atoms. The molecule has 0 N–H and O–H groups in total. The Balaban J connectivity index is 1.49.